The summed E-state index contributed by atoms with van der Waals surface area (Å²) in [4.78, 5) is 0. The van der Waals surface area contributed by atoms with Gasteiger partial charge in [0.1, 0.15) is 5.75 Å². The van der Waals surface area contributed by atoms with Gasteiger partial charge in [-0.2, -0.15) is 0 Å². The van der Waals surface area contributed by atoms with Gasteiger partial charge in [-0.05, 0) is 50.2 Å². The molecule has 1 rings (SSSR count). The van der Waals surface area contributed by atoms with Gasteiger partial charge in [-0.3, -0.25) is 0 Å². The van der Waals surface area contributed by atoms with Crippen molar-refractivity contribution in [3.8, 4) is 5.75 Å². The normalized spacial score (nSPS) is 11.8. The maximum absolute atomic E-state index is 9.70. The van der Waals surface area contributed by atoms with Crippen molar-refractivity contribution in [1.29, 1.82) is 0 Å². The van der Waals surface area contributed by atoms with Crippen LogP contribution in [-0.4, -0.2) is 22.5 Å². The molecule has 1 aromatic rings. The Morgan fingerprint density at radius 2 is 2.06 bits per heavy atom. The van der Waals surface area contributed by atoms with E-state index >= 15 is 0 Å². The lowest BCUT2D eigenvalue weighted by molar-refractivity contribution is 0.467. The zero-order valence-electron chi connectivity index (χ0n) is 11.6. The number of hydrogen-bond acceptors (Lipinski definition) is 2. The number of phenolic OH excluding ortho intramolecular Hbond substituents is 1. The van der Waals surface area contributed by atoms with E-state index in [-0.39, 0.29) is 0 Å². The molecule has 0 bridgehead atoms. The molecule has 0 unspecified atom stereocenters. The van der Waals surface area contributed by atoms with Crippen LogP contribution in [0.15, 0.2) is 36.5 Å². The Morgan fingerprint density at radius 1 is 1.39 bits per heavy atom. The van der Waals surface area contributed by atoms with Crippen LogP contribution >= 0.6 is 0 Å². The molecule has 0 amide bonds. The lowest BCUT2D eigenvalue weighted by Crippen LogP contribution is -2.35. The van der Waals surface area contributed by atoms with E-state index in [9.17, 15) is 5.11 Å². The summed E-state index contributed by atoms with van der Waals surface area (Å²) >= 11 is 0. The van der Waals surface area contributed by atoms with Gasteiger partial charge >= 0.3 is 0 Å². The first kappa shape index (κ1) is 15.2. The molecule has 1 N–H and O–H groups in total. The lowest BCUT2D eigenvalue weighted by atomic mass is 10.1. The van der Waals surface area contributed by atoms with E-state index in [0.717, 1.165) is 24.4 Å². The van der Waals surface area contributed by atoms with E-state index in [1.54, 1.807) is 6.07 Å². The zero-order valence-corrected chi connectivity index (χ0v) is 13.6. The molecule has 0 aliphatic carbocycles. The molecule has 0 heterocycles. The summed E-state index contributed by atoms with van der Waals surface area (Å²) in [6, 6.07) is 8.69. The van der Waals surface area contributed by atoms with Gasteiger partial charge < -0.3 is 9.22 Å². The molecule has 0 saturated heterocycles. The molecule has 0 aromatic heterocycles. The molecule has 4 heteroatoms. The summed E-state index contributed by atoms with van der Waals surface area (Å²) in [5, 5.41) is 9.70. The van der Waals surface area contributed by atoms with Gasteiger partial charge in [0.2, 0.25) is 9.04 Å². The highest BCUT2D eigenvalue weighted by molar-refractivity contribution is 6.79. The van der Waals surface area contributed by atoms with Crippen molar-refractivity contribution in [3.05, 3.63) is 42.1 Å². The van der Waals surface area contributed by atoms with E-state index in [2.05, 4.69) is 26.2 Å². The first-order chi connectivity index (χ1) is 8.44. The molecular weight excluding hydrogens is 256 g/mol. The van der Waals surface area contributed by atoms with Crippen molar-refractivity contribution < 1.29 is 9.22 Å². The highest BCUT2D eigenvalue weighted by Crippen LogP contribution is 2.21. The summed E-state index contributed by atoms with van der Waals surface area (Å²) in [5.41, 5.74) is 2.98. The average Bonchev–Trinajstić information content (AvgIpc) is 2.30. The van der Waals surface area contributed by atoms with Crippen molar-refractivity contribution in [2.75, 3.05) is 0 Å². The molecule has 0 atom stereocenters. The monoisotopic (exact) mass is 279 g/mol. The molecule has 1 aromatic carbocycles. The molecule has 18 heavy (non-hydrogen) atoms. The topological polar surface area (TPSA) is 29.5 Å². The van der Waals surface area contributed by atoms with Crippen LogP contribution in [0.4, 0.5) is 0 Å². The van der Waals surface area contributed by atoms with Crippen molar-refractivity contribution in [2.45, 2.75) is 38.5 Å². The second kappa shape index (κ2) is 6.92. The van der Waals surface area contributed by atoms with E-state index in [0.29, 0.717) is 5.75 Å². The number of aromatic hydroxyl groups is 1. The van der Waals surface area contributed by atoms with Crippen LogP contribution < -0.4 is 0 Å². The Hall–Kier alpha value is -0.846. The first-order valence-corrected chi connectivity index (χ1v) is 11.5. The van der Waals surface area contributed by atoms with E-state index < -0.39 is 17.4 Å². The first-order valence-electron chi connectivity index (χ1n) is 6.36. The quantitative estimate of drug-likeness (QED) is 0.767. The van der Waals surface area contributed by atoms with Gasteiger partial charge in [0.25, 0.3) is 0 Å². The van der Waals surface area contributed by atoms with Crippen molar-refractivity contribution in [3.63, 3.8) is 0 Å². The van der Waals surface area contributed by atoms with Crippen molar-refractivity contribution in [1.82, 2.24) is 0 Å². The van der Waals surface area contributed by atoms with Gasteiger partial charge in [0.05, 0.1) is 0 Å². The van der Waals surface area contributed by atoms with Crippen LogP contribution in [0.25, 0.3) is 0 Å². The number of phenols is 1. The Kier molecular flexibility index (Phi) is 5.85. The fourth-order valence-corrected chi connectivity index (χ4v) is 7.21. The second-order valence-electron chi connectivity index (χ2n) is 5.16. The predicted molar refractivity (Wildman–Crippen MR) is 81.6 cm³/mol. The van der Waals surface area contributed by atoms with Gasteiger partial charge in [0, 0.05) is 0 Å². The predicted octanol–water partition coefficient (Wildman–Crippen LogP) is 3.89. The maximum atomic E-state index is 9.70. The minimum atomic E-state index is -1.57. The van der Waals surface area contributed by atoms with Crippen LogP contribution in [0.2, 0.25) is 25.7 Å². The summed E-state index contributed by atoms with van der Waals surface area (Å²) < 4.78 is 6.12. The zero-order chi connectivity index (χ0) is 13.6. The minimum absolute atomic E-state index is 0.407. The fraction of sp³-hybridized carbons (Fsp3) is 0.429. The third-order valence-corrected chi connectivity index (χ3v) is 8.57. The molecule has 0 saturated carbocycles. The lowest BCUT2D eigenvalue weighted by Gasteiger charge is -2.25. The van der Waals surface area contributed by atoms with Crippen LogP contribution in [0.1, 0.15) is 12.0 Å². The van der Waals surface area contributed by atoms with Gasteiger partial charge in [-0.15, -0.1) is 6.58 Å². The van der Waals surface area contributed by atoms with E-state index in [1.807, 2.05) is 23.9 Å². The van der Waals surface area contributed by atoms with Gasteiger partial charge in [0.15, 0.2) is 8.32 Å². The molecule has 0 aliphatic rings. The summed E-state index contributed by atoms with van der Waals surface area (Å²) in [6.07, 6.45) is 2.00. The van der Waals surface area contributed by atoms with Gasteiger partial charge in [-0.25, -0.2) is 0 Å². The maximum Gasteiger partial charge on any atom is 0.223 e. The highest BCUT2D eigenvalue weighted by Gasteiger charge is 2.23. The summed E-state index contributed by atoms with van der Waals surface area (Å²) in [6.45, 7) is 10.4. The Labute approximate surface area is 113 Å². The molecule has 0 fully saturated rings. The molecule has 1 radical (unpaired) electrons. The van der Waals surface area contributed by atoms with E-state index in [4.69, 9.17) is 4.12 Å². The Bertz CT molecular complexity index is 391. The standard InChI is InChI=1S/C14H23O2Si2/c1-5-17(2)16-18(3,4)12-8-10-13-9-6-7-11-14(13)15/h5-7,9,11,15H,1,8,10,12H2,2-4H3. The van der Waals surface area contributed by atoms with Crippen molar-refractivity contribution >= 4 is 17.4 Å². The van der Waals surface area contributed by atoms with E-state index in [1.165, 1.54) is 0 Å². The highest BCUT2D eigenvalue weighted by atomic mass is 28.4. The molecule has 99 valence electrons. The SMILES string of the molecule is C=C[Si](C)O[Si](C)(C)CCCc1ccccc1O. The molecule has 0 aliphatic heterocycles. The molecule has 2 nitrogen and oxygen atoms in total. The minimum Gasteiger partial charge on any atom is -0.508 e. The Morgan fingerprint density at radius 3 is 2.67 bits per heavy atom. The van der Waals surface area contributed by atoms with Crippen molar-refractivity contribution in [2.24, 2.45) is 0 Å². The molecule has 0 spiro atoms. The van der Waals surface area contributed by atoms with Crippen LogP contribution in [0, 0.1) is 0 Å². The summed E-state index contributed by atoms with van der Waals surface area (Å²) in [7, 11) is -2.38. The largest absolute Gasteiger partial charge is 0.508 e. The number of rotatable bonds is 7. The van der Waals surface area contributed by atoms with Crippen LogP contribution in [0.5, 0.6) is 5.75 Å². The Balaban J connectivity index is 2.41. The molecular formula is C14H23O2Si2. The third kappa shape index (κ3) is 5.20. The number of aryl methyl sites for hydroxylation is 1. The summed E-state index contributed by atoms with van der Waals surface area (Å²) in [5.74, 6) is 0.407. The van der Waals surface area contributed by atoms with Crippen LogP contribution in [0.3, 0.4) is 0 Å². The number of benzene rings is 1. The van der Waals surface area contributed by atoms with Crippen LogP contribution in [-0.2, 0) is 10.5 Å². The smallest absolute Gasteiger partial charge is 0.223 e. The second-order valence-corrected chi connectivity index (χ2v) is 11.6. The average molecular weight is 280 g/mol. The van der Waals surface area contributed by atoms with Gasteiger partial charge in [-0.1, -0.05) is 23.9 Å². The number of para-hydroxylation sites is 1. The number of hydrogen-bond donors (Lipinski definition) is 1. The fourth-order valence-electron chi connectivity index (χ4n) is 1.96. The third-order valence-electron chi connectivity index (χ3n) is 2.94.